The lowest BCUT2D eigenvalue weighted by Crippen LogP contribution is -2.80. The van der Waals surface area contributed by atoms with E-state index in [1.807, 2.05) is 0 Å². The molecule has 4 heteroatoms. The van der Waals surface area contributed by atoms with Gasteiger partial charge in [0.1, 0.15) is 0 Å². The van der Waals surface area contributed by atoms with Crippen LogP contribution < -0.4 is 5.73 Å². The quantitative estimate of drug-likeness (QED) is 0.854. The predicted octanol–water partition coefficient (Wildman–Crippen LogP) is 1.40. The molecule has 0 aromatic rings. The first kappa shape index (κ1) is 15.7. The first-order valence-corrected chi connectivity index (χ1v) is 8.56. The minimum absolute atomic E-state index is 0.0843. The molecule has 0 aromatic heterocycles. The summed E-state index contributed by atoms with van der Waals surface area (Å²) in [6.07, 6.45) is 2.79. The summed E-state index contributed by atoms with van der Waals surface area (Å²) in [5, 5.41) is 0. The number of likely N-dealkylation sites (N-methyl/N-ethyl adjacent to an activating group) is 1. The van der Waals surface area contributed by atoms with Gasteiger partial charge < -0.3 is 15.4 Å². The lowest BCUT2D eigenvalue weighted by molar-refractivity contribution is -0.231. The second kappa shape index (κ2) is 5.19. The van der Waals surface area contributed by atoms with Gasteiger partial charge in [0, 0.05) is 49.2 Å². The topological polar surface area (TPSA) is 41.7 Å². The van der Waals surface area contributed by atoms with E-state index in [1.165, 1.54) is 19.4 Å². The number of hydrogen-bond donors (Lipinski definition) is 1. The van der Waals surface area contributed by atoms with Gasteiger partial charge in [0.2, 0.25) is 0 Å². The molecule has 21 heavy (non-hydrogen) atoms. The molecule has 1 aliphatic carbocycles. The molecule has 2 saturated heterocycles. The Bertz CT molecular complexity index is 397. The van der Waals surface area contributed by atoms with Crippen LogP contribution in [-0.2, 0) is 4.74 Å². The average Bonchev–Trinajstić information content (AvgIpc) is 2.79. The van der Waals surface area contributed by atoms with Crippen LogP contribution in [0.15, 0.2) is 0 Å². The normalized spacial score (nSPS) is 46.4. The molecule has 3 aliphatic rings. The largest absolute Gasteiger partial charge is 0.377 e. The summed E-state index contributed by atoms with van der Waals surface area (Å²) >= 11 is 0. The molecule has 1 saturated carbocycles. The van der Waals surface area contributed by atoms with Gasteiger partial charge in [-0.25, -0.2) is 0 Å². The van der Waals surface area contributed by atoms with Gasteiger partial charge in [-0.3, -0.25) is 4.90 Å². The zero-order chi connectivity index (χ0) is 15.4. The summed E-state index contributed by atoms with van der Waals surface area (Å²) in [7, 11) is 4.39. The van der Waals surface area contributed by atoms with E-state index in [0.717, 1.165) is 25.6 Å². The molecular weight excluding hydrogens is 262 g/mol. The number of nitrogens with two attached hydrogens (primary N) is 1. The Kier molecular flexibility index (Phi) is 3.89. The van der Waals surface area contributed by atoms with E-state index in [2.05, 4.69) is 44.7 Å². The van der Waals surface area contributed by atoms with Gasteiger partial charge in [0.15, 0.2) is 0 Å². The number of fused-ring (bicyclic) bond motifs is 1. The summed E-state index contributed by atoms with van der Waals surface area (Å²) < 4.78 is 6.03. The minimum Gasteiger partial charge on any atom is -0.377 e. The van der Waals surface area contributed by atoms with E-state index in [4.69, 9.17) is 10.5 Å². The summed E-state index contributed by atoms with van der Waals surface area (Å²) in [6.45, 7) is 11.3. The third-order valence-electron chi connectivity index (χ3n) is 6.69. The van der Waals surface area contributed by atoms with Gasteiger partial charge in [-0.15, -0.1) is 0 Å². The second-order valence-corrected chi connectivity index (χ2v) is 8.50. The molecule has 0 radical (unpaired) electrons. The Morgan fingerprint density at radius 1 is 1.29 bits per heavy atom. The molecule has 0 aromatic carbocycles. The van der Waals surface area contributed by atoms with Crippen LogP contribution in [0, 0.1) is 17.3 Å². The van der Waals surface area contributed by atoms with Gasteiger partial charge in [-0.2, -0.15) is 0 Å². The predicted molar refractivity (Wildman–Crippen MR) is 86.2 cm³/mol. The van der Waals surface area contributed by atoms with E-state index in [0.29, 0.717) is 18.1 Å². The maximum Gasteiger partial charge on any atom is 0.0690 e. The van der Waals surface area contributed by atoms with Crippen molar-refractivity contribution in [3.8, 4) is 0 Å². The van der Waals surface area contributed by atoms with Crippen LogP contribution in [0.1, 0.15) is 33.6 Å². The van der Waals surface area contributed by atoms with Crippen LogP contribution in [0.25, 0.3) is 0 Å². The summed E-state index contributed by atoms with van der Waals surface area (Å²) in [5.41, 5.74) is 6.96. The molecule has 2 heterocycles. The van der Waals surface area contributed by atoms with Crippen molar-refractivity contribution < 1.29 is 4.74 Å². The Morgan fingerprint density at radius 3 is 2.62 bits per heavy atom. The zero-order valence-corrected chi connectivity index (χ0v) is 14.4. The fourth-order valence-electron chi connectivity index (χ4n) is 5.21. The number of rotatable bonds is 3. The maximum absolute atomic E-state index is 6.95. The number of hydrogen-bond acceptors (Lipinski definition) is 4. The summed E-state index contributed by atoms with van der Waals surface area (Å²) in [6, 6.07) is 0.662. The highest BCUT2D eigenvalue weighted by atomic mass is 16.5. The number of nitrogens with zero attached hydrogens (tertiary/aromatic N) is 2. The fourth-order valence-corrected chi connectivity index (χ4v) is 5.21. The zero-order valence-electron chi connectivity index (χ0n) is 14.4. The molecule has 3 fully saturated rings. The van der Waals surface area contributed by atoms with Crippen LogP contribution in [-0.4, -0.2) is 67.8 Å². The van der Waals surface area contributed by atoms with Crippen molar-refractivity contribution in [2.45, 2.75) is 51.3 Å². The third-order valence-corrected chi connectivity index (χ3v) is 6.69. The van der Waals surface area contributed by atoms with Gasteiger partial charge in [-0.05, 0) is 32.9 Å². The van der Waals surface area contributed by atoms with E-state index in [-0.39, 0.29) is 11.0 Å². The lowest BCUT2D eigenvalue weighted by atomic mass is 9.46. The molecular formula is C17H33N3O. The van der Waals surface area contributed by atoms with Crippen LogP contribution in [0.4, 0.5) is 0 Å². The summed E-state index contributed by atoms with van der Waals surface area (Å²) in [4.78, 5) is 4.97. The monoisotopic (exact) mass is 295 g/mol. The average molecular weight is 295 g/mol. The second-order valence-electron chi connectivity index (χ2n) is 8.50. The number of ether oxygens (including phenoxy) is 1. The summed E-state index contributed by atoms with van der Waals surface area (Å²) in [5.74, 6) is 1.28. The van der Waals surface area contributed by atoms with Gasteiger partial charge in [0.05, 0.1) is 6.10 Å². The Balaban J connectivity index is 1.69. The van der Waals surface area contributed by atoms with Crippen LogP contribution >= 0.6 is 0 Å². The van der Waals surface area contributed by atoms with Gasteiger partial charge in [0.25, 0.3) is 0 Å². The van der Waals surface area contributed by atoms with Crippen molar-refractivity contribution in [1.29, 1.82) is 0 Å². The van der Waals surface area contributed by atoms with Crippen molar-refractivity contribution in [3.63, 3.8) is 0 Å². The minimum atomic E-state index is -0.0843. The van der Waals surface area contributed by atoms with E-state index >= 15 is 0 Å². The molecule has 0 spiro atoms. The highest BCUT2D eigenvalue weighted by molar-refractivity contribution is 5.21. The molecule has 122 valence electrons. The van der Waals surface area contributed by atoms with Crippen LogP contribution in [0.5, 0.6) is 0 Å². The van der Waals surface area contributed by atoms with E-state index in [9.17, 15) is 0 Å². The molecule has 2 aliphatic heterocycles. The van der Waals surface area contributed by atoms with Crippen molar-refractivity contribution in [1.82, 2.24) is 9.80 Å². The molecule has 4 nitrogen and oxygen atoms in total. The van der Waals surface area contributed by atoms with Crippen LogP contribution in [0.2, 0.25) is 0 Å². The first-order chi connectivity index (χ1) is 9.77. The maximum atomic E-state index is 6.95. The Hall–Kier alpha value is -0.160. The van der Waals surface area contributed by atoms with Gasteiger partial charge >= 0.3 is 0 Å². The highest BCUT2D eigenvalue weighted by Gasteiger charge is 2.66. The SMILES string of the molecule is CC1CN(CC2(N)C3CCCOC3C2(C)C)CC1N(C)C. The molecule has 0 bridgehead atoms. The molecule has 5 unspecified atom stereocenters. The Labute approximate surface area is 130 Å². The standard InChI is InChI=1S/C17H33N3O/c1-12-9-20(10-14(12)19(4)5)11-17(18)13-7-6-8-21-15(13)16(17,2)3/h12-15H,6-11,18H2,1-5H3. The fraction of sp³-hybridized carbons (Fsp3) is 1.00. The van der Waals surface area contributed by atoms with E-state index in [1.54, 1.807) is 0 Å². The van der Waals surface area contributed by atoms with Crippen LogP contribution in [0.3, 0.4) is 0 Å². The highest BCUT2D eigenvalue weighted by Crippen LogP contribution is 2.57. The molecule has 0 amide bonds. The van der Waals surface area contributed by atoms with E-state index < -0.39 is 0 Å². The smallest absolute Gasteiger partial charge is 0.0690 e. The molecule has 3 rings (SSSR count). The van der Waals surface area contributed by atoms with Crippen molar-refractivity contribution in [2.24, 2.45) is 23.0 Å². The van der Waals surface area contributed by atoms with Gasteiger partial charge in [-0.1, -0.05) is 20.8 Å². The Morgan fingerprint density at radius 2 is 2.00 bits per heavy atom. The molecule has 2 N–H and O–H groups in total. The first-order valence-electron chi connectivity index (χ1n) is 8.56. The molecule has 5 atom stereocenters. The van der Waals surface area contributed by atoms with Crippen molar-refractivity contribution in [2.75, 3.05) is 40.3 Å². The van der Waals surface area contributed by atoms with Crippen molar-refractivity contribution in [3.05, 3.63) is 0 Å². The lowest BCUT2D eigenvalue weighted by Gasteiger charge is -2.67. The third kappa shape index (κ3) is 2.26. The number of likely N-dealkylation sites (tertiary alicyclic amines) is 1. The van der Waals surface area contributed by atoms with Crippen molar-refractivity contribution >= 4 is 0 Å².